The van der Waals surface area contributed by atoms with Gasteiger partial charge < -0.3 is 54.0 Å². The van der Waals surface area contributed by atoms with E-state index in [9.17, 15) is 27.6 Å². The van der Waals surface area contributed by atoms with Gasteiger partial charge in [-0.3, -0.25) is 37.4 Å². The lowest BCUT2D eigenvalue weighted by molar-refractivity contribution is -0.138. The van der Waals surface area contributed by atoms with E-state index in [0.29, 0.717) is 4.90 Å². The SMILES string of the molecule is O=C(O)CN(CCP(=O)(O)O)CP(=O)(O)O.O=P(O)(O)CCN(CP(=O)(O)O)CP(=O)(O)O. The van der Waals surface area contributed by atoms with Crippen LogP contribution in [0.25, 0.3) is 0 Å². The Kier molecular flexibility index (Phi) is 15.0. The normalized spacial score (nSPS) is 13.7. The van der Waals surface area contributed by atoms with Crippen LogP contribution in [0.5, 0.6) is 0 Å². The molecule has 0 bridgehead atoms. The van der Waals surface area contributed by atoms with Gasteiger partial charge in [0.1, 0.15) is 18.9 Å². The smallest absolute Gasteiger partial charge is 0.339 e. The Bertz CT molecular complexity index is 825. The summed E-state index contributed by atoms with van der Waals surface area (Å²) in [7, 11) is -22.3. The van der Waals surface area contributed by atoms with Crippen molar-refractivity contribution in [1.82, 2.24) is 9.80 Å². The van der Waals surface area contributed by atoms with Gasteiger partial charge in [-0.2, -0.15) is 0 Å². The van der Waals surface area contributed by atoms with Gasteiger partial charge >= 0.3 is 43.9 Å². The summed E-state index contributed by atoms with van der Waals surface area (Å²) in [5, 5.41) is 8.42. The van der Waals surface area contributed by atoms with Crippen LogP contribution in [0.4, 0.5) is 0 Å². The first kappa shape index (κ1) is 35.3. The van der Waals surface area contributed by atoms with E-state index in [0.717, 1.165) is 4.90 Å². The van der Waals surface area contributed by atoms with Crippen LogP contribution in [-0.4, -0.2) is 121 Å². The summed E-state index contributed by atoms with van der Waals surface area (Å²) in [6.07, 6.45) is -4.19. The first-order valence-corrected chi connectivity index (χ1v) is 17.2. The van der Waals surface area contributed by atoms with Crippen LogP contribution >= 0.6 is 38.0 Å². The number of carboxylic acids is 1. The number of hydrogen-bond donors (Lipinski definition) is 11. The number of nitrogens with zero attached hydrogens (tertiary/aromatic N) is 2. The predicted molar refractivity (Wildman–Crippen MR) is 110 cm³/mol. The van der Waals surface area contributed by atoms with Crippen molar-refractivity contribution in [2.45, 2.75) is 0 Å². The molecule has 200 valence electrons. The minimum absolute atomic E-state index is 0.401. The molecule has 0 atom stereocenters. The zero-order valence-electron chi connectivity index (χ0n) is 16.7. The van der Waals surface area contributed by atoms with Crippen LogP contribution in [0.2, 0.25) is 0 Å². The molecule has 0 aromatic rings. The van der Waals surface area contributed by atoms with Crippen molar-refractivity contribution in [3.8, 4) is 0 Å². The first-order valence-electron chi connectivity index (χ1n) is 8.17. The predicted octanol–water partition coefficient (Wildman–Crippen LogP) is -2.58. The highest BCUT2D eigenvalue weighted by Crippen LogP contribution is 2.42. The second-order valence-corrected chi connectivity index (χ2v) is 14.9. The summed E-state index contributed by atoms with van der Waals surface area (Å²) < 4.78 is 53.0. The van der Waals surface area contributed by atoms with E-state index in [-0.39, 0.29) is 0 Å². The molecule has 0 fully saturated rings. The summed E-state index contributed by atoms with van der Waals surface area (Å²) in [6.45, 7) is -1.62. The molecule has 0 aliphatic heterocycles. The molecule has 0 spiro atoms. The monoisotopic (exact) mass is 590 g/mol. The molecule has 19 nitrogen and oxygen atoms in total. The van der Waals surface area contributed by atoms with E-state index in [4.69, 9.17) is 54.0 Å². The van der Waals surface area contributed by atoms with Crippen molar-refractivity contribution in [1.29, 1.82) is 0 Å². The van der Waals surface area contributed by atoms with E-state index in [1.165, 1.54) is 0 Å². The average Bonchev–Trinajstić information content (AvgIpc) is 2.44. The molecule has 0 saturated carbocycles. The second-order valence-electron chi connectivity index (χ2n) is 6.54. The van der Waals surface area contributed by atoms with Crippen LogP contribution in [-0.2, 0) is 27.6 Å². The summed E-state index contributed by atoms with van der Waals surface area (Å²) in [5.41, 5.74) is 0. The Morgan fingerprint density at radius 2 is 0.788 bits per heavy atom. The maximum absolute atomic E-state index is 10.7. The number of rotatable bonds is 14. The van der Waals surface area contributed by atoms with Gasteiger partial charge in [0.05, 0.1) is 18.9 Å². The molecular weight excluding hydrogens is 563 g/mol. The lowest BCUT2D eigenvalue weighted by Gasteiger charge is -2.22. The molecule has 0 aromatic heterocycles. The largest absolute Gasteiger partial charge is 0.480 e. The second kappa shape index (κ2) is 14.0. The molecule has 11 N–H and O–H groups in total. The molecule has 0 aliphatic carbocycles. The van der Waals surface area contributed by atoms with Gasteiger partial charge in [-0.25, -0.2) is 0 Å². The maximum atomic E-state index is 10.7. The Balaban J connectivity index is 0. The van der Waals surface area contributed by atoms with Gasteiger partial charge in [0.25, 0.3) is 0 Å². The average molecular weight is 590 g/mol. The minimum atomic E-state index is -4.56. The molecule has 0 amide bonds. The standard InChI is InChI=1S/C5H13NO8P2.C4H14NO9P3/c7-5(8)3-6(4-16(12,13)14)1-2-15(9,10)11;6-15(7,8)2-1-5(3-16(9,10)11)4-17(12,13)14/h1-4H2,(H,7,8)(H2,9,10,11)(H2,12,13,14);1-4H2,(H2,6,7,8)(H2,9,10,11)(H2,12,13,14). The fourth-order valence-corrected chi connectivity index (χ4v) is 5.43. The molecule has 0 saturated heterocycles. The van der Waals surface area contributed by atoms with E-state index in [2.05, 4.69) is 0 Å². The molecule has 0 aromatic carbocycles. The molecule has 0 rings (SSSR count). The summed E-state index contributed by atoms with van der Waals surface area (Å²) in [6, 6.07) is 0. The first-order chi connectivity index (χ1) is 14.3. The number of carbonyl (C=O) groups is 1. The molecule has 0 aliphatic rings. The topological polar surface area (TPSA) is 331 Å². The highest BCUT2D eigenvalue weighted by Gasteiger charge is 2.27. The van der Waals surface area contributed by atoms with Crippen molar-refractivity contribution in [3.63, 3.8) is 0 Å². The molecule has 0 unspecified atom stereocenters. The lowest BCUT2D eigenvalue weighted by Crippen LogP contribution is -2.33. The van der Waals surface area contributed by atoms with Crippen molar-refractivity contribution in [3.05, 3.63) is 0 Å². The zero-order chi connectivity index (χ0) is 26.9. The number of carboxylic acid groups (broad SMARTS) is 1. The third-order valence-corrected chi connectivity index (χ3v) is 6.80. The molecule has 0 radical (unpaired) electrons. The van der Waals surface area contributed by atoms with Crippen molar-refractivity contribution >= 4 is 43.9 Å². The molecule has 33 heavy (non-hydrogen) atoms. The third-order valence-electron chi connectivity index (χ3n) is 2.93. The molecule has 0 heterocycles. The summed E-state index contributed by atoms with van der Waals surface area (Å²) in [4.78, 5) is 97.7. The van der Waals surface area contributed by atoms with E-state index < -0.39 is 94.8 Å². The van der Waals surface area contributed by atoms with Gasteiger partial charge in [-0.1, -0.05) is 0 Å². The summed E-state index contributed by atoms with van der Waals surface area (Å²) >= 11 is 0. The highest BCUT2D eigenvalue weighted by molar-refractivity contribution is 7.53. The maximum Gasteiger partial charge on any atom is 0.339 e. The van der Waals surface area contributed by atoms with Crippen molar-refractivity contribution in [2.75, 3.05) is 50.8 Å². The number of aliphatic carboxylic acids is 1. The van der Waals surface area contributed by atoms with Crippen LogP contribution in [0.3, 0.4) is 0 Å². The van der Waals surface area contributed by atoms with Gasteiger partial charge in [-0.15, -0.1) is 0 Å². The Hall–Kier alpha value is 0.140. The number of hydrogen-bond acceptors (Lipinski definition) is 8. The molecular formula is C9H27N2O17P5. The van der Waals surface area contributed by atoms with Crippen LogP contribution in [0.1, 0.15) is 0 Å². The lowest BCUT2D eigenvalue weighted by atomic mass is 10.5. The fourth-order valence-electron chi connectivity index (χ4n) is 1.90. The zero-order valence-corrected chi connectivity index (χ0v) is 21.1. The minimum Gasteiger partial charge on any atom is -0.480 e. The Morgan fingerprint density at radius 3 is 1.03 bits per heavy atom. The quantitative estimate of drug-likeness (QED) is 0.0925. The molecule has 24 heteroatoms. The van der Waals surface area contributed by atoms with E-state index in [1.807, 2.05) is 0 Å². The van der Waals surface area contributed by atoms with Crippen LogP contribution in [0, 0.1) is 0 Å². The Labute approximate surface area is 186 Å². The van der Waals surface area contributed by atoms with E-state index in [1.54, 1.807) is 0 Å². The Morgan fingerprint density at radius 1 is 0.515 bits per heavy atom. The third kappa shape index (κ3) is 30.1. The van der Waals surface area contributed by atoms with Gasteiger partial charge in [0.2, 0.25) is 0 Å². The van der Waals surface area contributed by atoms with Crippen molar-refractivity contribution < 1.29 is 81.7 Å². The highest BCUT2D eigenvalue weighted by atomic mass is 31.2. The van der Waals surface area contributed by atoms with Gasteiger partial charge in [-0.05, 0) is 0 Å². The van der Waals surface area contributed by atoms with Gasteiger partial charge in [0.15, 0.2) is 0 Å². The fraction of sp³-hybridized carbons (Fsp3) is 0.889. The van der Waals surface area contributed by atoms with Crippen molar-refractivity contribution in [2.24, 2.45) is 0 Å². The summed E-state index contributed by atoms with van der Waals surface area (Å²) in [5.74, 6) is -1.33. The van der Waals surface area contributed by atoms with Crippen LogP contribution < -0.4 is 0 Å². The van der Waals surface area contributed by atoms with Gasteiger partial charge in [0, 0.05) is 13.1 Å². The van der Waals surface area contributed by atoms with Crippen LogP contribution in [0.15, 0.2) is 0 Å². The van der Waals surface area contributed by atoms with E-state index >= 15 is 0 Å².